The molecule has 2 aromatic heterocycles. The van der Waals surface area contributed by atoms with E-state index in [0.29, 0.717) is 0 Å². The third kappa shape index (κ3) is 4.98. The Morgan fingerprint density at radius 1 is 1.00 bits per heavy atom. The zero-order valence-electron chi connectivity index (χ0n) is 17.0. The first-order chi connectivity index (χ1) is 15.6. The molecule has 4 rings (SSSR count). The molecule has 0 unspecified atom stereocenters. The zero-order valence-corrected chi connectivity index (χ0v) is 17.8. The summed E-state index contributed by atoms with van der Waals surface area (Å²) in [6, 6.07) is 5.11. The second-order valence-corrected chi connectivity index (χ2v) is 8.18. The van der Waals surface area contributed by atoms with Crippen LogP contribution in [0.2, 0.25) is 5.15 Å². The van der Waals surface area contributed by atoms with Gasteiger partial charge in [-0.1, -0.05) is 11.6 Å². The minimum Gasteiger partial charge on any atom is -0.320 e. The molecule has 172 valence electrons. The van der Waals surface area contributed by atoms with Crippen molar-refractivity contribution >= 4 is 23.2 Å². The van der Waals surface area contributed by atoms with Crippen LogP contribution in [0.25, 0.3) is 11.1 Å². The van der Waals surface area contributed by atoms with E-state index in [1.54, 1.807) is 0 Å². The highest BCUT2D eigenvalue weighted by atomic mass is 35.5. The molecule has 0 spiro atoms. The molecule has 1 aliphatic carbocycles. The van der Waals surface area contributed by atoms with Crippen LogP contribution in [0.15, 0.2) is 42.7 Å². The molecule has 0 saturated heterocycles. The van der Waals surface area contributed by atoms with Crippen molar-refractivity contribution in [1.82, 2.24) is 9.97 Å². The van der Waals surface area contributed by atoms with E-state index in [1.807, 2.05) is 0 Å². The number of carbonyl (C=O) groups is 1. The standard InChI is InChI=1S/C23H17ClF5N3O/c24-21-18(27)9-13(11-31-21)22(33)32-20-15(16-10-14(25)1-2-17(16)26)5-8-30-19(20)12-3-6-23(28,29)7-4-12/h1-2,5,8-12H,3-4,6-7H2,(H,32,33). The van der Waals surface area contributed by atoms with E-state index < -0.39 is 40.4 Å². The van der Waals surface area contributed by atoms with Crippen molar-refractivity contribution in [3.8, 4) is 11.1 Å². The maximum atomic E-state index is 14.6. The van der Waals surface area contributed by atoms with Crippen LogP contribution in [0, 0.1) is 17.5 Å². The zero-order chi connectivity index (χ0) is 23.8. The molecule has 3 aromatic rings. The molecule has 1 N–H and O–H groups in total. The number of hydrogen-bond acceptors (Lipinski definition) is 3. The maximum absolute atomic E-state index is 14.6. The van der Waals surface area contributed by atoms with Gasteiger partial charge < -0.3 is 5.32 Å². The van der Waals surface area contributed by atoms with E-state index >= 15 is 0 Å². The largest absolute Gasteiger partial charge is 0.320 e. The van der Waals surface area contributed by atoms with Crippen LogP contribution >= 0.6 is 11.6 Å². The molecule has 1 aliphatic rings. The van der Waals surface area contributed by atoms with Gasteiger partial charge in [0.05, 0.1) is 16.9 Å². The quantitative estimate of drug-likeness (QED) is 0.331. The van der Waals surface area contributed by atoms with Gasteiger partial charge in [-0.15, -0.1) is 0 Å². The Kier molecular flexibility index (Phi) is 6.34. The monoisotopic (exact) mass is 481 g/mol. The SMILES string of the molecule is O=C(Nc1c(-c2cc(F)ccc2F)ccnc1C1CCC(F)(F)CC1)c1cnc(Cl)c(F)c1. The van der Waals surface area contributed by atoms with Crippen LogP contribution in [0.5, 0.6) is 0 Å². The van der Waals surface area contributed by atoms with E-state index in [0.717, 1.165) is 30.5 Å². The Labute approximate surface area is 190 Å². The predicted octanol–water partition coefficient (Wildman–Crippen LogP) is 6.76. The first-order valence-corrected chi connectivity index (χ1v) is 10.5. The fourth-order valence-electron chi connectivity index (χ4n) is 3.89. The lowest BCUT2D eigenvalue weighted by Gasteiger charge is -2.29. The molecule has 4 nitrogen and oxygen atoms in total. The van der Waals surface area contributed by atoms with Crippen LogP contribution in [0.4, 0.5) is 27.6 Å². The van der Waals surface area contributed by atoms with Crippen molar-refractivity contribution in [3.05, 3.63) is 76.6 Å². The fourth-order valence-corrected chi connectivity index (χ4v) is 4.00. The first kappa shape index (κ1) is 23.1. The fraction of sp³-hybridized carbons (Fsp3) is 0.261. The normalized spacial score (nSPS) is 15.9. The van der Waals surface area contributed by atoms with Crippen LogP contribution in [-0.2, 0) is 0 Å². The highest BCUT2D eigenvalue weighted by molar-refractivity contribution is 6.29. The molecule has 33 heavy (non-hydrogen) atoms. The summed E-state index contributed by atoms with van der Waals surface area (Å²) in [6.07, 6.45) is 1.86. The van der Waals surface area contributed by atoms with Gasteiger partial charge in [0, 0.05) is 42.3 Å². The van der Waals surface area contributed by atoms with Crippen molar-refractivity contribution in [1.29, 1.82) is 0 Å². The molecule has 1 fully saturated rings. The van der Waals surface area contributed by atoms with Crippen molar-refractivity contribution in [2.45, 2.75) is 37.5 Å². The van der Waals surface area contributed by atoms with E-state index in [1.165, 1.54) is 12.3 Å². The maximum Gasteiger partial charge on any atom is 0.257 e. The highest BCUT2D eigenvalue weighted by Gasteiger charge is 2.37. The molecule has 10 heteroatoms. The number of nitrogens with one attached hydrogen (secondary N) is 1. The van der Waals surface area contributed by atoms with Crippen molar-refractivity contribution in [2.75, 3.05) is 5.32 Å². The van der Waals surface area contributed by atoms with E-state index in [2.05, 4.69) is 15.3 Å². The number of pyridine rings is 2. The molecular formula is C23H17ClF5N3O. The number of alkyl halides is 2. The summed E-state index contributed by atoms with van der Waals surface area (Å²) in [5, 5.41) is 2.16. The van der Waals surface area contributed by atoms with Gasteiger partial charge in [0.1, 0.15) is 11.6 Å². The third-order valence-corrected chi connectivity index (χ3v) is 5.88. The molecule has 0 bridgehead atoms. The summed E-state index contributed by atoms with van der Waals surface area (Å²) in [5.74, 6) is -6.41. The molecule has 2 heterocycles. The molecule has 0 radical (unpaired) electrons. The number of halogens is 6. The van der Waals surface area contributed by atoms with Gasteiger partial charge in [0.15, 0.2) is 11.0 Å². The smallest absolute Gasteiger partial charge is 0.257 e. The predicted molar refractivity (Wildman–Crippen MR) is 113 cm³/mol. The molecule has 1 amide bonds. The minimum atomic E-state index is -2.79. The number of carbonyl (C=O) groups excluding carboxylic acids is 1. The van der Waals surface area contributed by atoms with E-state index in [-0.39, 0.29) is 53.8 Å². The number of nitrogens with zero attached hydrogens (tertiary/aromatic N) is 2. The second kappa shape index (κ2) is 9.05. The number of benzene rings is 1. The van der Waals surface area contributed by atoms with E-state index in [9.17, 15) is 26.7 Å². The Balaban J connectivity index is 1.80. The summed E-state index contributed by atoms with van der Waals surface area (Å²) in [5.41, 5.74) is 0.105. The van der Waals surface area contributed by atoms with Crippen molar-refractivity contribution in [3.63, 3.8) is 0 Å². The van der Waals surface area contributed by atoms with Gasteiger partial charge in [0.25, 0.3) is 5.91 Å². The van der Waals surface area contributed by atoms with Gasteiger partial charge in [-0.05, 0) is 43.2 Å². The third-order valence-electron chi connectivity index (χ3n) is 5.60. The lowest BCUT2D eigenvalue weighted by atomic mass is 9.83. The number of anilines is 1. The van der Waals surface area contributed by atoms with Crippen LogP contribution in [-0.4, -0.2) is 21.8 Å². The van der Waals surface area contributed by atoms with Crippen LogP contribution < -0.4 is 5.32 Å². The average molecular weight is 482 g/mol. The summed E-state index contributed by atoms with van der Waals surface area (Å²) in [6.45, 7) is 0. The number of aromatic nitrogens is 2. The Hall–Kier alpha value is -3.07. The van der Waals surface area contributed by atoms with Gasteiger partial charge in [-0.2, -0.15) is 0 Å². The van der Waals surface area contributed by atoms with Crippen molar-refractivity contribution < 1.29 is 26.7 Å². The van der Waals surface area contributed by atoms with Crippen LogP contribution in [0.3, 0.4) is 0 Å². The topological polar surface area (TPSA) is 54.9 Å². The number of rotatable bonds is 4. The second-order valence-electron chi connectivity index (χ2n) is 7.82. The van der Waals surface area contributed by atoms with E-state index in [4.69, 9.17) is 11.6 Å². The Morgan fingerprint density at radius 2 is 1.73 bits per heavy atom. The summed E-state index contributed by atoms with van der Waals surface area (Å²) < 4.78 is 69.7. The Bertz CT molecular complexity index is 1210. The Morgan fingerprint density at radius 3 is 2.42 bits per heavy atom. The number of hydrogen-bond donors (Lipinski definition) is 1. The lowest BCUT2D eigenvalue weighted by molar-refractivity contribution is -0.0384. The first-order valence-electron chi connectivity index (χ1n) is 10.1. The van der Waals surface area contributed by atoms with Gasteiger partial charge in [-0.3, -0.25) is 9.78 Å². The lowest BCUT2D eigenvalue weighted by Crippen LogP contribution is -2.25. The highest BCUT2D eigenvalue weighted by Crippen LogP contribution is 2.44. The molecule has 0 aliphatic heterocycles. The molecule has 1 aromatic carbocycles. The van der Waals surface area contributed by atoms with Crippen LogP contribution in [0.1, 0.15) is 47.7 Å². The molecule has 0 atom stereocenters. The van der Waals surface area contributed by atoms with Crippen molar-refractivity contribution in [2.24, 2.45) is 0 Å². The van der Waals surface area contributed by atoms with Gasteiger partial charge in [0.2, 0.25) is 5.92 Å². The number of amides is 1. The van der Waals surface area contributed by atoms with Gasteiger partial charge in [-0.25, -0.2) is 26.9 Å². The summed E-state index contributed by atoms with van der Waals surface area (Å²) in [7, 11) is 0. The average Bonchev–Trinajstić information content (AvgIpc) is 2.77. The molecule has 1 saturated carbocycles. The minimum absolute atomic E-state index is 0.0394. The summed E-state index contributed by atoms with van der Waals surface area (Å²) in [4.78, 5) is 20.8. The summed E-state index contributed by atoms with van der Waals surface area (Å²) >= 11 is 5.57. The van der Waals surface area contributed by atoms with Gasteiger partial charge >= 0.3 is 0 Å². The molecular weight excluding hydrogens is 465 g/mol.